The zero-order valence-electron chi connectivity index (χ0n) is 74.3. The Morgan fingerprint density at radius 1 is 0.430 bits per heavy atom. The van der Waals surface area contributed by atoms with Crippen LogP contribution in [0.1, 0.15) is 279 Å². The van der Waals surface area contributed by atoms with Crippen LogP contribution in [0.15, 0.2) is 160 Å². The van der Waals surface area contributed by atoms with Crippen molar-refractivity contribution in [3.8, 4) is 0 Å². The summed E-state index contributed by atoms with van der Waals surface area (Å²) in [4.78, 5) is 53.7. The van der Waals surface area contributed by atoms with Crippen molar-refractivity contribution in [2.24, 2.45) is 11.8 Å². The first kappa shape index (κ1) is 92.6. The molecule has 18 nitrogen and oxygen atoms in total. The smallest absolute Gasteiger partial charge is 0.335 e. The molecule has 12 rings (SSSR count). The summed E-state index contributed by atoms with van der Waals surface area (Å²) < 4.78 is 112. The van der Waals surface area contributed by atoms with Crippen LogP contribution in [0.25, 0.3) is 43.1 Å². The van der Waals surface area contributed by atoms with E-state index < -0.39 is 58.0 Å². The lowest BCUT2D eigenvalue weighted by molar-refractivity contribution is -0.438. The van der Waals surface area contributed by atoms with Gasteiger partial charge in [-0.25, -0.2) is 4.79 Å². The van der Waals surface area contributed by atoms with E-state index in [2.05, 4.69) is 149 Å². The van der Waals surface area contributed by atoms with E-state index in [9.17, 15) is 63.2 Å². The average Bonchev–Trinajstić information content (AvgIpc) is 1.53. The number of rotatable bonds is 35. The number of hydrogen-bond donors (Lipinski definition) is 4. The highest BCUT2D eigenvalue weighted by molar-refractivity contribution is 7.86. The standard InChI is InChI=1S/C51H62N2O7S.C49H62N2O7S2/c1-10-12-26-52-41-28-33(5)39-30-36(49(56)57)22-24-37(39)47(41)50(7,8)45(52)19-17-20-46-51(9,25-16-14-15-18-43(55)32(3)4)48-38-23-21-35(34(6)54)29-40(38)44(61(58,59)60)31-42(48)53(46)27-13-11-2;1-10-12-25-49(9)45(51(26-13-11-2)42-24-22-38-34(6)29-36(60(56,57)58)31-40(38)47(42)49)20-17-19-44-48(7,8)46-39-30-35(59(53,54)55)28-33(5)37(39)21-23-41(46)50(44)27-16-14-15-18-43(52)32(3)4/h17,19-24,28-32H,10-16,18,25-27H2,1-9H3,(H-,56,57,58,59,60);17,19-24,28-32H,10-16,18,25-27H2,1-9H3,(H-,53,54,55,56,57,58)/p+2. The molecule has 0 fully saturated rings. The van der Waals surface area contributed by atoms with Crippen LogP contribution < -0.4 is 9.80 Å². The van der Waals surface area contributed by atoms with Gasteiger partial charge in [-0.3, -0.25) is 28.0 Å². The normalized spacial score (nSPS) is 18.3. The number of unbranched alkanes of at least 4 members (excludes halogenated alkanes) is 8. The first-order valence-electron chi connectivity index (χ1n) is 43.6. The number of carboxylic acids is 1. The highest BCUT2D eigenvalue weighted by atomic mass is 32.2. The summed E-state index contributed by atoms with van der Waals surface area (Å²) in [5.74, 6) is -0.601. The molecule has 21 heteroatoms. The minimum Gasteiger partial charge on any atom is -0.478 e. The zero-order chi connectivity index (χ0) is 88.6. The van der Waals surface area contributed by atoms with Crippen LogP contribution in [0.5, 0.6) is 0 Å². The number of carbonyl (C=O) groups is 4. The van der Waals surface area contributed by atoms with Gasteiger partial charge in [-0.2, -0.15) is 34.4 Å². The molecule has 8 aromatic carbocycles. The second-order valence-electron chi connectivity index (χ2n) is 36.1. The Kier molecular flexibility index (Phi) is 28.1. The van der Waals surface area contributed by atoms with Crippen LogP contribution in [0.4, 0.5) is 22.7 Å². The molecule has 0 saturated heterocycles. The predicted molar refractivity (Wildman–Crippen MR) is 491 cm³/mol. The molecule has 0 saturated carbocycles. The van der Waals surface area contributed by atoms with Crippen LogP contribution in [0.3, 0.4) is 0 Å². The number of Topliss-reactive ketones (excluding diaryl/α,β-unsaturated/α-hetero) is 3. The lowest BCUT2D eigenvalue weighted by atomic mass is 9.75. The van der Waals surface area contributed by atoms with Crippen molar-refractivity contribution < 1.29 is 72.3 Å². The van der Waals surface area contributed by atoms with Gasteiger partial charge in [0.1, 0.15) is 29.6 Å². The second-order valence-corrected chi connectivity index (χ2v) is 40.4. The molecule has 8 aromatic rings. The SMILES string of the molecule is CCCCN1C(=CC=CC2=[N+](CCCC)c3cc(C)c4cc(C(=O)O)ccc4c3C2(C)C)C(C)(CCCCCC(=O)C(C)C)c2c1cc(S(=O)(=O)O)c1cc(C(C)=O)ccc21.CCCCN1C(=CC=CC2=[N+](CCCCCC(=O)C(C)C)c3ccc4c(C)cc(S(=O)(=O)O)cc4c3C2(C)C)C(C)(CCCC)c2c1ccc1c(C)cc(S(=O)(=O)O)cc21. The molecular weight excluding hydrogens is 1580 g/mol. The van der Waals surface area contributed by atoms with E-state index in [-0.39, 0.29) is 49.4 Å². The van der Waals surface area contributed by atoms with Crippen LogP contribution in [0.2, 0.25) is 0 Å². The molecule has 4 aliphatic rings. The van der Waals surface area contributed by atoms with Crippen molar-refractivity contribution in [1.82, 2.24) is 0 Å². The largest absolute Gasteiger partial charge is 0.478 e. The summed E-state index contributed by atoms with van der Waals surface area (Å²) in [5.41, 5.74) is 13.6. The fourth-order valence-corrected chi connectivity index (χ4v) is 21.4. The summed E-state index contributed by atoms with van der Waals surface area (Å²) in [5, 5.41) is 16.3. The van der Waals surface area contributed by atoms with Gasteiger partial charge in [-0.05, 0) is 253 Å². The molecular formula is C100H126N4O14S3+2. The quantitative estimate of drug-likeness (QED) is 0.0124. The summed E-state index contributed by atoms with van der Waals surface area (Å²) in [6.45, 7) is 39.9. The number of aryl methyl sites for hydroxylation is 3. The second kappa shape index (κ2) is 36.8. The summed E-state index contributed by atoms with van der Waals surface area (Å²) in [6.07, 6.45) is 28.4. The number of fused-ring (bicyclic) bond motifs is 12. The molecule has 0 amide bonds. The molecule has 0 radical (unpaired) electrons. The van der Waals surface area contributed by atoms with Crippen molar-refractivity contribution in [1.29, 1.82) is 0 Å². The third-order valence-electron chi connectivity index (χ3n) is 26.1. The summed E-state index contributed by atoms with van der Waals surface area (Å²) >= 11 is 0. The third-order valence-corrected chi connectivity index (χ3v) is 28.6. The molecule has 2 unspecified atom stereocenters. The van der Waals surface area contributed by atoms with Gasteiger partial charge in [-0.1, -0.05) is 137 Å². The van der Waals surface area contributed by atoms with Crippen LogP contribution in [-0.2, 0) is 61.6 Å². The minimum absolute atomic E-state index is 0.00290. The Bertz CT molecular complexity index is 6040. The van der Waals surface area contributed by atoms with Crippen molar-refractivity contribution in [2.45, 2.75) is 277 Å². The predicted octanol–water partition coefficient (Wildman–Crippen LogP) is 23.3. The minimum atomic E-state index is -4.68. The van der Waals surface area contributed by atoms with Gasteiger partial charge >= 0.3 is 5.97 Å². The first-order chi connectivity index (χ1) is 56.9. The number of aromatic carboxylic acids is 1. The number of nitrogens with zero attached hydrogens (tertiary/aromatic N) is 4. The van der Waals surface area contributed by atoms with Gasteiger partial charge in [0.2, 0.25) is 11.4 Å². The summed E-state index contributed by atoms with van der Waals surface area (Å²) in [7, 11) is -13.6. The molecule has 0 aromatic heterocycles. The zero-order valence-corrected chi connectivity index (χ0v) is 76.7. The Hall–Kier alpha value is -9.09. The van der Waals surface area contributed by atoms with Crippen LogP contribution in [-0.4, -0.2) is 114 Å². The number of anilines is 2. The highest BCUT2D eigenvalue weighted by Crippen LogP contribution is 2.57. The Morgan fingerprint density at radius 3 is 1.36 bits per heavy atom. The van der Waals surface area contributed by atoms with Gasteiger partial charge in [0, 0.05) is 131 Å². The molecule has 4 heterocycles. The Morgan fingerprint density at radius 2 is 0.860 bits per heavy atom. The first-order valence-corrected chi connectivity index (χ1v) is 48.0. The molecule has 0 bridgehead atoms. The van der Waals surface area contributed by atoms with Crippen molar-refractivity contribution in [3.63, 3.8) is 0 Å². The maximum atomic E-state index is 13.1. The molecule has 121 heavy (non-hydrogen) atoms. The number of carbonyl (C=O) groups excluding carboxylic acids is 3. The van der Waals surface area contributed by atoms with Gasteiger partial charge in [-0.15, -0.1) is 0 Å². The highest BCUT2D eigenvalue weighted by Gasteiger charge is 2.50. The number of carboxylic acid groups (broad SMARTS) is 1. The molecule has 646 valence electrons. The van der Waals surface area contributed by atoms with Gasteiger partial charge < -0.3 is 14.9 Å². The Labute approximate surface area is 718 Å². The van der Waals surface area contributed by atoms with E-state index in [1.807, 2.05) is 66.7 Å². The van der Waals surface area contributed by atoms with Crippen LogP contribution >= 0.6 is 0 Å². The Balaban J connectivity index is 0.000000236. The van der Waals surface area contributed by atoms with Gasteiger partial charge in [0.25, 0.3) is 30.4 Å². The van der Waals surface area contributed by atoms with Crippen LogP contribution in [0, 0.1) is 32.6 Å². The monoisotopic (exact) mass is 1700 g/mol. The van der Waals surface area contributed by atoms with Gasteiger partial charge in [0.05, 0.1) is 26.2 Å². The van der Waals surface area contributed by atoms with Crippen molar-refractivity contribution in [3.05, 3.63) is 195 Å². The number of allylic oxidation sites excluding steroid dienone is 8. The topological polar surface area (TPSA) is 264 Å². The average molecular weight is 1700 g/mol. The fraction of sp³-hybridized carbons (Fsp3) is 0.460. The molecule has 0 spiro atoms. The summed E-state index contributed by atoms with van der Waals surface area (Å²) in [6, 6.07) is 29.1. The van der Waals surface area contributed by atoms with E-state index in [1.165, 1.54) is 18.6 Å². The molecule has 4 aliphatic heterocycles. The maximum absolute atomic E-state index is 13.1. The van der Waals surface area contributed by atoms with Gasteiger partial charge in [0.15, 0.2) is 17.2 Å². The third kappa shape index (κ3) is 18.5. The van der Waals surface area contributed by atoms with E-state index in [0.717, 1.165) is 227 Å². The number of hydrogen-bond acceptors (Lipinski definition) is 12. The lowest BCUT2D eigenvalue weighted by Crippen LogP contribution is -2.30. The van der Waals surface area contributed by atoms with Crippen molar-refractivity contribution in [2.75, 3.05) is 36.0 Å². The maximum Gasteiger partial charge on any atom is 0.335 e. The number of benzene rings is 8. The molecule has 4 N–H and O–H groups in total. The van der Waals surface area contributed by atoms with E-state index in [4.69, 9.17) is 0 Å². The van der Waals surface area contributed by atoms with E-state index >= 15 is 0 Å². The fourth-order valence-electron chi connectivity index (χ4n) is 19.5. The molecule has 0 aliphatic carbocycles. The van der Waals surface area contributed by atoms with E-state index in [1.54, 1.807) is 48.5 Å². The number of ketones is 3. The lowest BCUT2D eigenvalue weighted by Gasteiger charge is -2.31. The van der Waals surface area contributed by atoms with Crippen molar-refractivity contribution >= 4 is 131 Å². The molecule has 2 atom stereocenters. The van der Waals surface area contributed by atoms with E-state index in [0.29, 0.717) is 42.3 Å².